The molecule has 0 aliphatic carbocycles. The molecule has 3 heteroatoms. The van der Waals surface area contributed by atoms with E-state index in [0.29, 0.717) is 6.04 Å². The molecule has 0 aliphatic heterocycles. The highest BCUT2D eigenvalue weighted by Gasteiger charge is 2.11. The number of para-hydroxylation sites is 1. The molecule has 1 atom stereocenters. The topological polar surface area (TPSA) is 17.0 Å². The van der Waals surface area contributed by atoms with Crippen LogP contribution in [0.4, 0.5) is 0 Å². The zero-order valence-corrected chi connectivity index (χ0v) is 17.6. The summed E-state index contributed by atoms with van der Waals surface area (Å²) in [5.41, 5.74) is 5.13. The molecule has 0 saturated carbocycles. The third kappa shape index (κ3) is 4.90. The van der Waals surface area contributed by atoms with Crippen LogP contribution in [-0.4, -0.2) is 10.6 Å². The van der Waals surface area contributed by atoms with Crippen LogP contribution in [0.2, 0.25) is 5.02 Å². The second-order valence-electron chi connectivity index (χ2n) is 7.70. The molecule has 148 valence electrons. The predicted octanol–water partition coefficient (Wildman–Crippen LogP) is 6.45. The van der Waals surface area contributed by atoms with E-state index >= 15 is 0 Å². The lowest BCUT2D eigenvalue weighted by Gasteiger charge is -2.13. The van der Waals surface area contributed by atoms with Crippen molar-refractivity contribution in [2.75, 3.05) is 0 Å². The van der Waals surface area contributed by atoms with Crippen molar-refractivity contribution in [1.29, 1.82) is 0 Å². The molecule has 1 N–H and O–H groups in total. The highest BCUT2D eigenvalue weighted by molar-refractivity contribution is 6.31. The Labute approximate surface area is 178 Å². The van der Waals surface area contributed by atoms with Gasteiger partial charge < -0.3 is 9.88 Å². The molecule has 0 spiro atoms. The Bertz CT molecular complexity index is 1070. The Kier molecular flexibility index (Phi) is 6.33. The maximum absolute atomic E-state index is 6.39. The molecule has 4 rings (SSSR count). The van der Waals surface area contributed by atoms with Gasteiger partial charge in [-0.15, -0.1) is 0 Å². The van der Waals surface area contributed by atoms with Gasteiger partial charge in [-0.2, -0.15) is 0 Å². The van der Waals surface area contributed by atoms with Crippen molar-refractivity contribution in [3.8, 4) is 0 Å². The van der Waals surface area contributed by atoms with Gasteiger partial charge in [0, 0.05) is 41.3 Å². The maximum atomic E-state index is 6.39. The molecular formula is C26H27ClN2. The fourth-order valence-corrected chi connectivity index (χ4v) is 4.01. The minimum absolute atomic E-state index is 0.459. The molecule has 0 aliphatic rings. The van der Waals surface area contributed by atoms with Gasteiger partial charge in [-0.05, 0) is 48.6 Å². The summed E-state index contributed by atoms with van der Waals surface area (Å²) in [7, 11) is 0. The Morgan fingerprint density at radius 2 is 1.59 bits per heavy atom. The second kappa shape index (κ2) is 9.30. The van der Waals surface area contributed by atoms with Gasteiger partial charge in [-0.3, -0.25) is 0 Å². The number of hydrogen-bond acceptors (Lipinski definition) is 1. The van der Waals surface area contributed by atoms with E-state index in [-0.39, 0.29) is 0 Å². The van der Waals surface area contributed by atoms with E-state index in [0.717, 1.165) is 36.5 Å². The molecule has 3 aromatic carbocycles. The number of hydrogen-bond donors (Lipinski definition) is 1. The molecule has 1 aromatic heterocycles. The minimum Gasteiger partial charge on any atom is -0.343 e. The van der Waals surface area contributed by atoms with Crippen molar-refractivity contribution in [3.05, 3.63) is 107 Å². The van der Waals surface area contributed by atoms with Gasteiger partial charge in [0.2, 0.25) is 0 Å². The molecule has 0 saturated heterocycles. The molecule has 29 heavy (non-hydrogen) atoms. The van der Waals surface area contributed by atoms with Gasteiger partial charge in [0.05, 0.1) is 0 Å². The fourth-order valence-electron chi connectivity index (χ4n) is 3.82. The van der Waals surface area contributed by atoms with Crippen molar-refractivity contribution in [2.24, 2.45) is 0 Å². The average molecular weight is 403 g/mol. The van der Waals surface area contributed by atoms with Crippen LogP contribution in [0.15, 0.2) is 85.1 Å². The van der Waals surface area contributed by atoms with Crippen molar-refractivity contribution in [3.63, 3.8) is 0 Å². The number of fused-ring (bicyclic) bond motifs is 1. The van der Waals surface area contributed by atoms with Crippen molar-refractivity contribution in [2.45, 2.75) is 38.9 Å². The average Bonchev–Trinajstić information content (AvgIpc) is 3.11. The van der Waals surface area contributed by atoms with E-state index in [1.807, 2.05) is 18.2 Å². The second-order valence-corrected chi connectivity index (χ2v) is 8.10. The summed E-state index contributed by atoms with van der Waals surface area (Å²) in [6.45, 7) is 3.92. The first kappa shape index (κ1) is 19.8. The minimum atomic E-state index is 0.459. The van der Waals surface area contributed by atoms with Crippen LogP contribution in [0.1, 0.15) is 30.0 Å². The molecule has 0 unspecified atom stereocenters. The molecular weight excluding hydrogens is 376 g/mol. The molecule has 0 amide bonds. The van der Waals surface area contributed by atoms with E-state index in [1.54, 1.807) is 0 Å². The van der Waals surface area contributed by atoms with Crippen molar-refractivity contribution < 1.29 is 0 Å². The van der Waals surface area contributed by atoms with Gasteiger partial charge in [0.1, 0.15) is 0 Å². The number of rotatable bonds is 8. The Balaban J connectivity index is 1.45. The molecule has 2 nitrogen and oxygen atoms in total. The normalized spacial score (nSPS) is 12.3. The lowest BCUT2D eigenvalue weighted by atomic mass is 10.1. The predicted molar refractivity (Wildman–Crippen MR) is 124 cm³/mol. The first-order valence-corrected chi connectivity index (χ1v) is 10.7. The van der Waals surface area contributed by atoms with Gasteiger partial charge in [-0.1, -0.05) is 78.3 Å². The highest BCUT2D eigenvalue weighted by Crippen LogP contribution is 2.24. The van der Waals surface area contributed by atoms with Gasteiger partial charge in [0.15, 0.2) is 0 Å². The number of benzene rings is 3. The fraction of sp³-hybridized carbons (Fsp3) is 0.231. The number of halogens is 1. The molecule has 4 aromatic rings. The standard InChI is InChI=1S/C26H27ClN2/c1-20(15-16-21-9-3-2-4-10-21)28-17-23-19-29(26-14-8-6-12-24(23)26)18-22-11-5-7-13-25(22)27/h2-14,19-20,28H,15-18H2,1H3/t20-/m1/s1. The van der Waals surface area contributed by atoms with Crippen LogP contribution in [0, 0.1) is 0 Å². The third-order valence-corrected chi connectivity index (χ3v) is 5.89. The molecule has 0 fully saturated rings. The number of aromatic nitrogens is 1. The quantitative estimate of drug-likeness (QED) is 0.358. The monoisotopic (exact) mass is 402 g/mol. The Hall–Kier alpha value is -2.55. The number of nitrogens with one attached hydrogen (secondary N) is 1. The molecule has 0 radical (unpaired) electrons. The summed E-state index contributed by atoms with van der Waals surface area (Å²) >= 11 is 6.39. The zero-order valence-electron chi connectivity index (χ0n) is 16.8. The summed E-state index contributed by atoms with van der Waals surface area (Å²) < 4.78 is 2.31. The van der Waals surface area contributed by atoms with Crippen molar-refractivity contribution in [1.82, 2.24) is 9.88 Å². The van der Waals surface area contributed by atoms with Gasteiger partial charge in [0.25, 0.3) is 0 Å². The summed E-state index contributed by atoms with van der Waals surface area (Å²) in [6.07, 6.45) is 4.50. The summed E-state index contributed by atoms with van der Waals surface area (Å²) in [5, 5.41) is 5.84. The number of aryl methyl sites for hydroxylation is 1. The highest BCUT2D eigenvalue weighted by atomic mass is 35.5. The van der Waals surface area contributed by atoms with Crippen LogP contribution >= 0.6 is 11.6 Å². The first-order chi connectivity index (χ1) is 14.2. The Morgan fingerprint density at radius 3 is 2.41 bits per heavy atom. The van der Waals surface area contributed by atoms with Crippen LogP contribution in [0.3, 0.4) is 0 Å². The smallest absolute Gasteiger partial charge is 0.0491 e. The van der Waals surface area contributed by atoms with E-state index in [1.165, 1.54) is 22.0 Å². The van der Waals surface area contributed by atoms with E-state index in [2.05, 4.69) is 83.7 Å². The summed E-state index contributed by atoms with van der Waals surface area (Å²) in [6, 6.07) is 27.9. The van der Waals surface area contributed by atoms with Crippen LogP contribution in [0.25, 0.3) is 10.9 Å². The van der Waals surface area contributed by atoms with Crippen LogP contribution < -0.4 is 5.32 Å². The van der Waals surface area contributed by atoms with Crippen LogP contribution in [0.5, 0.6) is 0 Å². The van der Waals surface area contributed by atoms with E-state index in [9.17, 15) is 0 Å². The summed E-state index contributed by atoms with van der Waals surface area (Å²) in [4.78, 5) is 0. The van der Waals surface area contributed by atoms with E-state index in [4.69, 9.17) is 11.6 Å². The van der Waals surface area contributed by atoms with Crippen molar-refractivity contribution >= 4 is 22.5 Å². The lowest BCUT2D eigenvalue weighted by Crippen LogP contribution is -2.25. The Morgan fingerprint density at radius 1 is 0.862 bits per heavy atom. The van der Waals surface area contributed by atoms with Gasteiger partial charge in [-0.25, -0.2) is 0 Å². The summed E-state index contributed by atoms with van der Waals surface area (Å²) in [5.74, 6) is 0. The third-order valence-electron chi connectivity index (χ3n) is 5.52. The number of nitrogens with zero attached hydrogens (tertiary/aromatic N) is 1. The van der Waals surface area contributed by atoms with E-state index < -0.39 is 0 Å². The largest absolute Gasteiger partial charge is 0.343 e. The maximum Gasteiger partial charge on any atom is 0.0491 e. The molecule has 1 heterocycles. The molecule has 0 bridgehead atoms. The van der Waals surface area contributed by atoms with Gasteiger partial charge >= 0.3 is 0 Å². The lowest BCUT2D eigenvalue weighted by molar-refractivity contribution is 0.514. The SMILES string of the molecule is C[C@H](CCc1ccccc1)NCc1cn(Cc2ccccc2Cl)c2ccccc12. The first-order valence-electron chi connectivity index (χ1n) is 10.3. The van der Waals surface area contributed by atoms with Crippen LogP contribution in [-0.2, 0) is 19.5 Å². The zero-order chi connectivity index (χ0) is 20.1.